The number of carboxylic acids is 1. The molecule has 3 N–H and O–H groups in total. The van der Waals surface area contributed by atoms with Gasteiger partial charge in [0.15, 0.2) is 5.69 Å². The highest BCUT2D eigenvalue weighted by molar-refractivity contribution is 6.02. The first-order chi connectivity index (χ1) is 11.5. The molecule has 1 heterocycles. The fourth-order valence-corrected chi connectivity index (χ4v) is 2.12. The minimum absolute atomic E-state index is 0.153. The second-order valence-corrected chi connectivity index (χ2v) is 5.79. The van der Waals surface area contributed by atoms with Gasteiger partial charge in [-0.25, -0.2) is 4.79 Å². The molecule has 7 heteroatoms. The first-order valence-corrected chi connectivity index (χ1v) is 7.65. The molecule has 1 atom stereocenters. The number of rotatable bonds is 7. The number of carbonyl (C=O) groups is 2. The minimum atomic E-state index is -0.948. The van der Waals surface area contributed by atoms with Crippen LogP contribution in [0.25, 0.3) is 0 Å². The molecule has 0 aliphatic carbocycles. The number of hydrogen-bond acceptors (Lipinski definition) is 5. The topological polar surface area (TPSA) is 104 Å². The lowest BCUT2D eigenvalue weighted by Crippen LogP contribution is -2.31. The number of aromatic nitrogens is 2. The van der Waals surface area contributed by atoms with Crippen molar-refractivity contribution < 1.29 is 14.7 Å². The lowest BCUT2D eigenvalue weighted by Gasteiger charge is -2.16. The molecule has 0 aliphatic rings. The molecule has 2 aromatic rings. The van der Waals surface area contributed by atoms with Gasteiger partial charge >= 0.3 is 5.97 Å². The number of nitrogens with one attached hydrogen (secondary N) is 2. The van der Waals surface area contributed by atoms with Gasteiger partial charge < -0.3 is 15.7 Å². The van der Waals surface area contributed by atoms with Gasteiger partial charge in [0, 0.05) is 5.69 Å². The molecule has 0 spiro atoms. The quantitative estimate of drug-likeness (QED) is 0.722. The Labute approximate surface area is 140 Å². The van der Waals surface area contributed by atoms with Crippen LogP contribution in [0.5, 0.6) is 0 Å². The average Bonchev–Trinajstić information content (AvgIpc) is 2.55. The highest BCUT2D eigenvalue weighted by Gasteiger charge is 2.19. The van der Waals surface area contributed by atoms with E-state index in [0.29, 0.717) is 17.9 Å². The molecular weight excluding hydrogens is 308 g/mol. The minimum Gasteiger partial charge on any atom is -0.480 e. The third-order valence-corrected chi connectivity index (χ3v) is 3.26. The zero-order valence-corrected chi connectivity index (χ0v) is 13.6. The fourth-order valence-electron chi connectivity index (χ4n) is 2.12. The Balaban J connectivity index is 2.01. The summed E-state index contributed by atoms with van der Waals surface area (Å²) in [6.45, 7) is 3.89. The van der Waals surface area contributed by atoms with Gasteiger partial charge in [-0.2, -0.15) is 0 Å². The summed E-state index contributed by atoms with van der Waals surface area (Å²) in [4.78, 5) is 23.3. The summed E-state index contributed by atoms with van der Waals surface area (Å²) in [5.41, 5.74) is 0.814. The molecule has 0 radical (unpaired) electrons. The van der Waals surface area contributed by atoms with Crippen molar-refractivity contribution in [1.82, 2.24) is 10.2 Å². The van der Waals surface area contributed by atoms with Gasteiger partial charge in [0.2, 0.25) is 0 Å². The zero-order chi connectivity index (χ0) is 17.5. The van der Waals surface area contributed by atoms with Crippen LogP contribution >= 0.6 is 0 Å². The van der Waals surface area contributed by atoms with Crippen LogP contribution < -0.4 is 10.6 Å². The second kappa shape index (κ2) is 8.05. The van der Waals surface area contributed by atoms with Crippen molar-refractivity contribution in [3.05, 3.63) is 48.2 Å². The summed E-state index contributed by atoms with van der Waals surface area (Å²) in [7, 11) is 0. The molecule has 0 aliphatic heterocycles. The van der Waals surface area contributed by atoms with Crippen LogP contribution in [0.1, 0.15) is 30.8 Å². The van der Waals surface area contributed by atoms with Crippen molar-refractivity contribution in [1.29, 1.82) is 0 Å². The van der Waals surface area contributed by atoms with Crippen molar-refractivity contribution in [3.8, 4) is 0 Å². The average molecular weight is 328 g/mol. The molecular formula is C17H20N4O3. The van der Waals surface area contributed by atoms with E-state index in [0.717, 1.165) is 0 Å². The van der Waals surface area contributed by atoms with Crippen molar-refractivity contribution in [2.75, 3.05) is 10.6 Å². The largest absolute Gasteiger partial charge is 0.480 e. The van der Waals surface area contributed by atoms with Gasteiger partial charge in [0.05, 0.1) is 0 Å². The monoisotopic (exact) mass is 328 g/mol. The summed E-state index contributed by atoms with van der Waals surface area (Å²) < 4.78 is 0. The van der Waals surface area contributed by atoms with Crippen LogP contribution in [0, 0.1) is 5.92 Å². The van der Waals surface area contributed by atoms with Gasteiger partial charge in [0.1, 0.15) is 11.9 Å². The fraction of sp³-hybridized carbons (Fsp3) is 0.294. The van der Waals surface area contributed by atoms with E-state index in [1.54, 1.807) is 18.2 Å². The van der Waals surface area contributed by atoms with E-state index < -0.39 is 12.0 Å². The number of aliphatic carboxylic acids is 1. The number of para-hydroxylation sites is 1. The lowest BCUT2D eigenvalue weighted by atomic mass is 10.0. The first-order valence-electron chi connectivity index (χ1n) is 7.65. The maximum absolute atomic E-state index is 12.1. The maximum Gasteiger partial charge on any atom is 0.326 e. The van der Waals surface area contributed by atoms with Gasteiger partial charge in [-0.05, 0) is 36.6 Å². The summed E-state index contributed by atoms with van der Waals surface area (Å²) in [5, 5.41) is 22.5. The van der Waals surface area contributed by atoms with Gasteiger partial charge in [0.25, 0.3) is 5.91 Å². The highest BCUT2D eigenvalue weighted by atomic mass is 16.4. The molecule has 1 aromatic carbocycles. The molecule has 2 rings (SSSR count). The zero-order valence-electron chi connectivity index (χ0n) is 13.6. The molecule has 0 unspecified atom stereocenters. The van der Waals surface area contributed by atoms with Crippen molar-refractivity contribution >= 4 is 23.4 Å². The number of nitrogens with zero attached hydrogens (tertiary/aromatic N) is 2. The van der Waals surface area contributed by atoms with Gasteiger partial charge in [-0.15, -0.1) is 10.2 Å². The van der Waals surface area contributed by atoms with Crippen LogP contribution in [0.3, 0.4) is 0 Å². The first kappa shape index (κ1) is 17.4. The Hall–Kier alpha value is -2.96. The summed E-state index contributed by atoms with van der Waals surface area (Å²) in [6.07, 6.45) is 0.466. The van der Waals surface area contributed by atoms with E-state index in [1.165, 1.54) is 6.07 Å². The second-order valence-electron chi connectivity index (χ2n) is 5.79. The SMILES string of the molecule is CC(C)C[C@@H](Nc1ccc(C(=O)Nc2ccccc2)nn1)C(=O)O. The molecule has 1 aromatic heterocycles. The molecule has 126 valence electrons. The molecule has 0 saturated carbocycles. The van der Waals surface area contributed by atoms with E-state index in [2.05, 4.69) is 20.8 Å². The number of carbonyl (C=O) groups excluding carboxylic acids is 1. The third kappa shape index (κ3) is 5.05. The Morgan fingerprint density at radius 2 is 1.79 bits per heavy atom. The Morgan fingerprint density at radius 1 is 1.08 bits per heavy atom. The van der Waals surface area contributed by atoms with Crippen LogP contribution in [-0.4, -0.2) is 33.2 Å². The van der Waals surface area contributed by atoms with E-state index in [-0.39, 0.29) is 17.5 Å². The summed E-state index contributed by atoms with van der Waals surface area (Å²) >= 11 is 0. The standard InChI is InChI=1S/C17H20N4O3/c1-11(2)10-14(17(23)24)19-15-9-8-13(20-21-15)16(22)18-12-6-4-3-5-7-12/h3-9,11,14H,10H2,1-2H3,(H,18,22)(H,19,21)(H,23,24)/t14-/m1/s1. The molecule has 24 heavy (non-hydrogen) atoms. The molecule has 0 saturated heterocycles. The van der Waals surface area contributed by atoms with Crippen LogP contribution in [0.15, 0.2) is 42.5 Å². The van der Waals surface area contributed by atoms with Crippen molar-refractivity contribution in [2.24, 2.45) is 5.92 Å². The normalized spacial score (nSPS) is 11.8. The summed E-state index contributed by atoms with van der Waals surface area (Å²) in [6, 6.07) is 11.3. The molecule has 0 fully saturated rings. The number of amides is 1. The van der Waals surface area contributed by atoms with E-state index in [4.69, 9.17) is 0 Å². The Morgan fingerprint density at radius 3 is 2.33 bits per heavy atom. The smallest absolute Gasteiger partial charge is 0.326 e. The number of hydrogen-bond donors (Lipinski definition) is 3. The van der Waals surface area contributed by atoms with Gasteiger partial charge in [-0.3, -0.25) is 4.79 Å². The van der Waals surface area contributed by atoms with E-state index in [9.17, 15) is 14.7 Å². The van der Waals surface area contributed by atoms with E-state index in [1.807, 2.05) is 32.0 Å². The highest BCUT2D eigenvalue weighted by Crippen LogP contribution is 2.12. The molecule has 1 amide bonds. The van der Waals surface area contributed by atoms with Crippen LogP contribution in [0.4, 0.5) is 11.5 Å². The third-order valence-electron chi connectivity index (χ3n) is 3.26. The van der Waals surface area contributed by atoms with Crippen LogP contribution in [-0.2, 0) is 4.79 Å². The van der Waals surface area contributed by atoms with Crippen molar-refractivity contribution in [3.63, 3.8) is 0 Å². The van der Waals surface area contributed by atoms with Gasteiger partial charge in [-0.1, -0.05) is 32.0 Å². The molecule has 0 bridgehead atoms. The Kier molecular flexibility index (Phi) is 5.83. The predicted molar refractivity (Wildman–Crippen MR) is 90.9 cm³/mol. The Bertz CT molecular complexity index is 687. The van der Waals surface area contributed by atoms with Crippen LogP contribution in [0.2, 0.25) is 0 Å². The molecule has 7 nitrogen and oxygen atoms in total. The maximum atomic E-state index is 12.1. The number of benzene rings is 1. The van der Waals surface area contributed by atoms with E-state index >= 15 is 0 Å². The van der Waals surface area contributed by atoms with Crippen molar-refractivity contribution in [2.45, 2.75) is 26.3 Å². The predicted octanol–water partition coefficient (Wildman–Crippen LogP) is 2.64. The summed E-state index contributed by atoms with van der Waals surface area (Å²) in [5.74, 6) is -0.782. The lowest BCUT2D eigenvalue weighted by molar-refractivity contribution is -0.138. The number of carboxylic acid groups (broad SMARTS) is 1. The number of anilines is 2.